The first-order valence-electron chi connectivity index (χ1n) is 6.38. The topological polar surface area (TPSA) is 69.2 Å². The number of nitrogens with zero attached hydrogens (tertiary/aromatic N) is 4. The molecule has 0 unspecified atom stereocenters. The van der Waals surface area contributed by atoms with Crippen molar-refractivity contribution in [1.82, 2.24) is 19.4 Å². The predicted octanol–water partition coefficient (Wildman–Crippen LogP) is 0.900. The fraction of sp³-hybridized carbons (Fsp3) is 0.538. The molecule has 0 saturated carbocycles. The van der Waals surface area contributed by atoms with Crippen LogP contribution in [-0.2, 0) is 11.3 Å². The molecule has 0 aliphatic heterocycles. The van der Waals surface area contributed by atoms with E-state index in [-0.39, 0.29) is 0 Å². The molecule has 0 radical (unpaired) electrons. The molecule has 2 rings (SSSR count). The molecule has 0 amide bonds. The Bertz CT molecular complexity index is 551. The minimum Gasteiger partial charge on any atom is -0.383 e. The Morgan fingerprint density at radius 1 is 1.32 bits per heavy atom. The molecule has 0 bridgehead atoms. The van der Waals surface area contributed by atoms with E-state index in [1.165, 1.54) is 0 Å². The first kappa shape index (κ1) is 13.8. The molecular weight excluding hydrogens is 242 g/mol. The largest absolute Gasteiger partial charge is 0.383 e. The number of hydrogen-bond acceptors (Lipinski definition) is 5. The van der Waals surface area contributed by atoms with Gasteiger partial charge in [-0.3, -0.25) is 4.57 Å². The fourth-order valence-corrected chi connectivity index (χ4v) is 1.96. The minimum absolute atomic E-state index is 0.522. The summed E-state index contributed by atoms with van der Waals surface area (Å²) in [6, 6.07) is 3.91. The SMILES string of the molecule is COCCN(C)CCn1c(N)nc2ccc(C)nc21. The van der Waals surface area contributed by atoms with Gasteiger partial charge in [0.05, 0.1) is 6.61 Å². The highest BCUT2D eigenvalue weighted by molar-refractivity contribution is 5.74. The summed E-state index contributed by atoms with van der Waals surface area (Å²) in [6.07, 6.45) is 0. The number of pyridine rings is 1. The summed E-state index contributed by atoms with van der Waals surface area (Å²) in [7, 11) is 3.77. The number of hydrogen-bond donors (Lipinski definition) is 1. The number of aromatic nitrogens is 3. The van der Waals surface area contributed by atoms with Crippen LogP contribution in [0.1, 0.15) is 5.69 Å². The molecule has 6 heteroatoms. The maximum Gasteiger partial charge on any atom is 0.202 e. The zero-order valence-electron chi connectivity index (χ0n) is 11.8. The van der Waals surface area contributed by atoms with Crippen molar-refractivity contribution in [3.63, 3.8) is 0 Å². The van der Waals surface area contributed by atoms with E-state index in [1.807, 2.05) is 23.6 Å². The monoisotopic (exact) mass is 263 g/mol. The highest BCUT2D eigenvalue weighted by Gasteiger charge is 2.10. The number of anilines is 1. The van der Waals surface area contributed by atoms with Gasteiger partial charge in [-0.25, -0.2) is 9.97 Å². The van der Waals surface area contributed by atoms with Gasteiger partial charge < -0.3 is 15.4 Å². The summed E-state index contributed by atoms with van der Waals surface area (Å²) < 4.78 is 7.03. The number of imidazole rings is 1. The second kappa shape index (κ2) is 5.99. The van der Waals surface area contributed by atoms with Gasteiger partial charge in [-0.15, -0.1) is 0 Å². The molecule has 0 atom stereocenters. The van der Waals surface area contributed by atoms with Crippen molar-refractivity contribution in [3.05, 3.63) is 17.8 Å². The lowest BCUT2D eigenvalue weighted by Crippen LogP contribution is -2.27. The van der Waals surface area contributed by atoms with Crippen molar-refractivity contribution in [1.29, 1.82) is 0 Å². The Hall–Kier alpha value is -1.66. The number of aryl methyl sites for hydroxylation is 1. The van der Waals surface area contributed by atoms with Crippen LogP contribution >= 0.6 is 0 Å². The fourth-order valence-electron chi connectivity index (χ4n) is 1.96. The lowest BCUT2D eigenvalue weighted by molar-refractivity contribution is 0.159. The third-order valence-electron chi connectivity index (χ3n) is 3.14. The summed E-state index contributed by atoms with van der Waals surface area (Å²) in [5, 5.41) is 0. The number of likely N-dealkylation sites (N-methyl/N-ethyl adjacent to an activating group) is 1. The van der Waals surface area contributed by atoms with Gasteiger partial charge in [-0.05, 0) is 26.1 Å². The highest BCUT2D eigenvalue weighted by atomic mass is 16.5. The van der Waals surface area contributed by atoms with Crippen molar-refractivity contribution in [2.75, 3.05) is 39.6 Å². The molecule has 2 aromatic heterocycles. The van der Waals surface area contributed by atoms with Crippen LogP contribution in [0.3, 0.4) is 0 Å². The number of nitrogen functional groups attached to an aromatic ring is 1. The Labute approximate surface area is 113 Å². The Balaban J connectivity index is 2.11. The molecule has 0 fully saturated rings. The van der Waals surface area contributed by atoms with E-state index in [2.05, 4.69) is 21.9 Å². The van der Waals surface area contributed by atoms with E-state index in [0.29, 0.717) is 5.95 Å². The van der Waals surface area contributed by atoms with Crippen LogP contribution in [0.15, 0.2) is 12.1 Å². The van der Waals surface area contributed by atoms with Crippen molar-refractivity contribution in [2.45, 2.75) is 13.5 Å². The zero-order valence-corrected chi connectivity index (χ0v) is 11.8. The van der Waals surface area contributed by atoms with Gasteiger partial charge >= 0.3 is 0 Å². The lowest BCUT2D eigenvalue weighted by Gasteiger charge is -2.16. The zero-order chi connectivity index (χ0) is 13.8. The first-order valence-corrected chi connectivity index (χ1v) is 6.38. The Morgan fingerprint density at radius 3 is 2.84 bits per heavy atom. The third-order valence-corrected chi connectivity index (χ3v) is 3.14. The second-order valence-corrected chi connectivity index (χ2v) is 4.71. The van der Waals surface area contributed by atoms with E-state index < -0.39 is 0 Å². The number of rotatable bonds is 6. The van der Waals surface area contributed by atoms with Crippen LogP contribution in [-0.4, -0.2) is 53.3 Å². The number of fused-ring (bicyclic) bond motifs is 1. The summed E-state index contributed by atoms with van der Waals surface area (Å²) >= 11 is 0. The Kier molecular flexibility index (Phi) is 4.34. The van der Waals surface area contributed by atoms with Gasteiger partial charge in [0.15, 0.2) is 5.65 Å². The van der Waals surface area contributed by atoms with Gasteiger partial charge in [-0.1, -0.05) is 0 Å². The third kappa shape index (κ3) is 3.21. The quantitative estimate of drug-likeness (QED) is 0.838. The molecule has 2 heterocycles. The van der Waals surface area contributed by atoms with E-state index >= 15 is 0 Å². The van der Waals surface area contributed by atoms with Crippen molar-refractivity contribution in [3.8, 4) is 0 Å². The molecule has 2 aromatic rings. The molecule has 0 aromatic carbocycles. The number of nitrogens with two attached hydrogens (primary N) is 1. The number of methoxy groups -OCH3 is 1. The van der Waals surface area contributed by atoms with E-state index in [4.69, 9.17) is 10.5 Å². The number of ether oxygens (including phenoxy) is 1. The minimum atomic E-state index is 0.522. The standard InChI is InChI=1S/C13H21N5O/c1-10-4-5-11-12(15-10)18(13(14)16-11)7-6-17(2)8-9-19-3/h4-5H,6-9H2,1-3H3,(H2,14,16). The molecule has 2 N–H and O–H groups in total. The van der Waals surface area contributed by atoms with Crippen LogP contribution < -0.4 is 5.73 Å². The van der Waals surface area contributed by atoms with E-state index in [9.17, 15) is 0 Å². The summed E-state index contributed by atoms with van der Waals surface area (Å²) in [5.41, 5.74) is 8.64. The molecule has 104 valence electrons. The van der Waals surface area contributed by atoms with Gasteiger partial charge in [0, 0.05) is 32.4 Å². The second-order valence-electron chi connectivity index (χ2n) is 4.71. The summed E-state index contributed by atoms with van der Waals surface area (Å²) in [6.45, 7) is 5.26. The molecule has 19 heavy (non-hydrogen) atoms. The Morgan fingerprint density at radius 2 is 2.11 bits per heavy atom. The van der Waals surface area contributed by atoms with Crippen molar-refractivity contribution < 1.29 is 4.74 Å². The maximum atomic E-state index is 5.96. The molecule has 0 saturated heterocycles. The highest BCUT2D eigenvalue weighted by Crippen LogP contribution is 2.16. The van der Waals surface area contributed by atoms with Crippen LogP contribution in [0, 0.1) is 6.92 Å². The molecule has 0 aliphatic carbocycles. The van der Waals surface area contributed by atoms with Crippen LogP contribution in [0.4, 0.5) is 5.95 Å². The maximum absolute atomic E-state index is 5.96. The van der Waals surface area contributed by atoms with Gasteiger partial charge in [-0.2, -0.15) is 0 Å². The van der Waals surface area contributed by atoms with Gasteiger partial charge in [0.2, 0.25) is 5.95 Å². The average Bonchev–Trinajstić information content (AvgIpc) is 2.69. The van der Waals surface area contributed by atoms with Gasteiger partial charge in [0.25, 0.3) is 0 Å². The normalized spacial score (nSPS) is 11.6. The van der Waals surface area contributed by atoms with Crippen molar-refractivity contribution >= 4 is 17.1 Å². The smallest absolute Gasteiger partial charge is 0.202 e. The predicted molar refractivity (Wildman–Crippen MR) is 76.1 cm³/mol. The average molecular weight is 263 g/mol. The summed E-state index contributed by atoms with van der Waals surface area (Å²) in [4.78, 5) is 11.0. The summed E-state index contributed by atoms with van der Waals surface area (Å²) in [5.74, 6) is 0.522. The van der Waals surface area contributed by atoms with Crippen LogP contribution in [0.5, 0.6) is 0 Å². The molecular formula is C13H21N5O. The van der Waals surface area contributed by atoms with Gasteiger partial charge in [0.1, 0.15) is 5.52 Å². The van der Waals surface area contributed by atoms with E-state index in [0.717, 1.165) is 43.1 Å². The van der Waals surface area contributed by atoms with E-state index in [1.54, 1.807) is 7.11 Å². The molecule has 6 nitrogen and oxygen atoms in total. The van der Waals surface area contributed by atoms with Crippen LogP contribution in [0.2, 0.25) is 0 Å². The lowest BCUT2D eigenvalue weighted by atomic mass is 10.3. The van der Waals surface area contributed by atoms with Crippen molar-refractivity contribution in [2.24, 2.45) is 0 Å². The molecule has 0 spiro atoms. The van der Waals surface area contributed by atoms with Crippen LogP contribution in [0.25, 0.3) is 11.2 Å². The molecule has 0 aliphatic rings. The first-order chi connectivity index (χ1) is 9.11.